The van der Waals surface area contributed by atoms with Crippen LogP contribution < -0.4 is 5.32 Å². The van der Waals surface area contributed by atoms with E-state index in [1.54, 1.807) is 12.1 Å². The topological polar surface area (TPSA) is 85.1 Å². The van der Waals surface area contributed by atoms with Crippen molar-refractivity contribution in [1.29, 1.82) is 0 Å². The van der Waals surface area contributed by atoms with Gasteiger partial charge in [-0.15, -0.1) is 11.3 Å². The number of rotatable bonds is 5. The highest BCUT2D eigenvalue weighted by Crippen LogP contribution is 2.26. The Morgan fingerprint density at radius 3 is 2.71 bits per heavy atom. The van der Waals surface area contributed by atoms with Gasteiger partial charge in [0, 0.05) is 28.0 Å². The van der Waals surface area contributed by atoms with Crippen LogP contribution in [0.3, 0.4) is 0 Å². The summed E-state index contributed by atoms with van der Waals surface area (Å²) in [6, 6.07) is 12.7. The van der Waals surface area contributed by atoms with E-state index in [-0.39, 0.29) is 10.9 Å². The Morgan fingerprint density at radius 1 is 1.21 bits per heavy atom. The molecule has 1 N–H and O–H groups in total. The molecule has 6 nitrogen and oxygen atoms in total. The Kier molecular flexibility index (Phi) is 4.78. The summed E-state index contributed by atoms with van der Waals surface area (Å²) in [6.07, 6.45) is 2.87. The minimum Gasteiger partial charge on any atom is -0.298 e. The second-order valence-corrected chi connectivity index (χ2v) is 6.61. The average Bonchev–Trinajstić information content (AvgIpc) is 3.23. The zero-order valence-electron chi connectivity index (χ0n) is 12.2. The third-order valence-electron chi connectivity index (χ3n) is 3.00. The van der Waals surface area contributed by atoms with Gasteiger partial charge in [-0.2, -0.15) is 0 Å². The van der Waals surface area contributed by atoms with Crippen molar-refractivity contribution < 1.29 is 9.72 Å². The number of nitrogens with one attached hydrogen (secondary N) is 1. The monoisotopic (exact) mass is 357 g/mol. The molecule has 1 aromatic carbocycles. The summed E-state index contributed by atoms with van der Waals surface area (Å²) in [7, 11) is 0. The van der Waals surface area contributed by atoms with Gasteiger partial charge in [0.25, 0.3) is 0 Å². The van der Waals surface area contributed by atoms with Gasteiger partial charge in [0.1, 0.15) is 0 Å². The number of nitro groups is 1. The SMILES string of the molecule is O=C(C=Cc1ccc([N+](=O)[O-])s1)Nc1nc(-c2ccccc2)cs1. The van der Waals surface area contributed by atoms with Crippen LogP contribution in [0.4, 0.5) is 10.1 Å². The van der Waals surface area contributed by atoms with Crippen molar-refractivity contribution in [3.8, 4) is 11.3 Å². The second kappa shape index (κ2) is 7.16. The van der Waals surface area contributed by atoms with Crippen LogP contribution in [0.5, 0.6) is 0 Å². The van der Waals surface area contributed by atoms with Crippen molar-refractivity contribution >= 4 is 44.8 Å². The molecule has 0 spiro atoms. The number of carbonyl (C=O) groups is 1. The molecule has 2 heterocycles. The summed E-state index contributed by atoms with van der Waals surface area (Å²) in [6.45, 7) is 0. The highest BCUT2D eigenvalue weighted by Gasteiger charge is 2.09. The van der Waals surface area contributed by atoms with Gasteiger partial charge in [-0.05, 0) is 12.1 Å². The third kappa shape index (κ3) is 3.92. The molecular formula is C16H11N3O3S2. The quantitative estimate of drug-likeness (QED) is 0.416. The third-order valence-corrected chi connectivity index (χ3v) is 4.76. The number of thiazole rings is 1. The molecule has 0 saturated heterocycles. The molecule has 0 atom stereocenters. The minimum atomic E-state index is -0.456. The first-order valence-corrected chi connectivity index (χ1v) is 8.56. The fourth-order valence-electron chi connectivity index (χ4n) is 1.91. The Hall–Kier alpha value is -2.84. The van der Waals surface area contributed by atoms with E-state index in [9.17, 15) is 14.9 Å². The highest BCUT2D eigenvalue weighted by atomic mass is 32.1. The number of hydrogen-bond acceptors (Lipinski definition) is 6. The Balaban J connectivity index is 1.63. The average molecular weight is 357 g/mol. The molecule has 8 heteroatoms. The molecule has 0 saturated carbocycles. The molecule has 120 valence electrons. The molecular weight excluding hydrogens is 346 g/mol. The number of anilines is 1. The van der Waals surface area contributed by atoms with Crippen LogP contribution >= 0.6 is 22.7 Å². The van der Waals surface area contributed by atoms with Gasteiger partial charge in [0.05, 0.1) is 10.6 Å². The molecule has 3 aromatic rings. The smallest absolute Gasteiger partial charge is 0.298 e. The van der Waals surface area contributed by atoms with E-state index in [1.807, 2.05) is 35.7 Å². The molecule has 0 unspecified atom stereocenters. The summed E-state index contributed by atoms with van der Waals surface area (Å²) in [5.74, 6) is -0.333. The molecule has 0 radical (unpaired) electrons. The number of carbonyl (C=O) groups excluding carboxylic acids is 1. The fraction of sp³-hybridized carbons (Fsp3) is 0. The maximum atomic E-state index is 11.9. The van der Waals surface area contributed by atoms with Crippen molar-refractivity contribution in [3.05, 3.63) is 68.9 Å². The van der Waals surface area contributed by atoms with Gasteiger partial charge in [0.2, 0.25) is 5.91 Å². The molecule has 0 aliphatic rings. The van der Waals surface area contributed by atoms with E-state index in [2.05, 4.69) is 10.3 Å². The summed E-state index contributed by atoms with van der Waals surface area (Å²) in [4.78, 5) is 27.1. The molecule has 0 aliphatic heterocycles. The van der Waals surface area contributed by atoms with Gasteiger partial charge >= 0.3 is 5.00 Å². The fourth-order valence-corrected chi connectivity index (χ4v) is 3.35. The summed E-state index contributed by atoms with van der Waals surface area (Å²) in [5.41, 5.74) is 1.78. The first-order chi connectivity index (χ1) is 11.6. The summed E-state index contributed by atoms with van der Waals surface area (Å²) in [5, 5.41) is 15.7. The lowest BCUT2D eigenvalue weighted by molar-refractivity contribution is -0.380. The summed E-state index contributed by atoms with van der Waals surface area (Å²) >= 11 is 2.35. The van der Waals surface area contributed by atoms with E-state index in [0.717, 1.165) is 22.6 Å². The van der Waals surface area contributed by atoms with Crippen LogP contribution in [-0.4, -0.2) is 15.8 Å². The first-order valence-electron chi connectivity index (χ1n) is 6.86. The Labute approximate surface area is 145 Å². The van der Waals surface area contributed by atoms with Gasteiger partial charge in [-0.3, -0.25) is 20.2 Å². The molecule has 0 fully saturated rings. The van der Waals surface area contributed by atoms with Crippen molar-refractivity contribution in [2.45, 2.75) is 0 Å². The highest BCUT2D eigenvalue weighted by molar-refractivity contribution is 7.16. The van der Waals surface area contributed by atoms with E-state index < -0.39 is 4.92 Å². The molecule has 1 amide bonds. The molecule has 2 aromatic heterocycles. The number of thiophene rings is 1. The maximum absolute atomic E-state index is 11.9. The number of benzene rings is 1. The predicted molar refractivity (Wildman–Crippen MR) is 96.2 cm³/mol. The first kappa shape index (κ1) is 16.0. The molecule has 3 rings (SSSR count). The Bertz CT molecular complexity index is 900. The van der Waals surface area contributed by atoms with Gasteiger partial charge in [-0.1, -0.05) is 41.7 Å². The number of aromatic nitrogens is 1. The van der Waals surface area contributed by atoms with Gasteiger partial charge in [-0.25, -0.2) is 4.98 Å². The lowest BCUT2D eigenvalue weighted by atomic mass is 10.2. The minimum absolute atomic E-state index is 0.0440. The lowest BCUT2D eigenvalue weighted by Crippen LogP contribution is -2.07. The molecule has 24 heavy (non-hydrogen) atoms. The van der Waals surface area contributed by atoms with Crippen molar-refractivity contribution in [2.75, 3.05) is 5.32 Å². The van der Waals surface area contributed by atoms with E-state index in [0.29, 0.717) is 10.0 Å². The lowest BCUT2D eigenvalue weighted by Gasteiger charge is -1.96. The number of hydrogen-bond donors (Lipinski definition) is 1. The maximum Gasteiger partial charge on any atom is 0.324 e. The van der Waals surface area contributed by atoms with E-state index in [1.165, 1.54) is 23.5 Å². The van der Waals surface area contributed by atoms with Crippen LogP contribution in [-0.2, 0) is 4.79 Å². The van der Waals surface area contributed by atoms with Gasteiger partial charge in [0.15, 0.2) is 5.13 Å². The molecule has 0 aliphatic carbocycles. The Morgan fingerprint density at radius 2 is 2.00 bits per heavy atom. The van der Waals surface area contributed by atoms with Crippen molar-refractivity contribution in [2.24, 2.45) is 0 Å². The number of amides is 1. The second-order valence-electron chi connectivity index (χ2n) is 4.66. The van der Waals surface area contributed by atoms with Crippen LogP contribution in [0.1, 0.15) is 4.88 Å². The van der Waals surface area contributed by atoms with Crippen molar-refractivity contribution in [1.82, 2.24) is 4.98 Å². The van der Waals surface area contributed by atoms with Crippen LogP contribution in [0, 0.1) is 10.1 Å². The summed E-state index contributed by atoms with van der Waals surface area (Å²) < 4.78 is 0. The molecule has 0 bridgehead atoms. The standard InChI is InChI=1S/C16H11N3O3S2/c20-14(8-6-12-7-9-15(24-12)19(21)22)18-16-17-13(10-23-16)11-4-2-1-3-5-11/h1-10H,(H,17,18,20). The zero-order chi connectivity index (χ0) is 16.9. The van der Waals surface area contributed by atoms with E-state index in [4.69, 9.17) is 0 Å². The van der Waals surface area contributed by atoms with Crippen LogP contribution in [0.25, 0.3) is 17.3 Å². The predicted octanol–water partition coefficient (Wildman–Crippen LogP) is 4.43. The number of nitrogens with zero attached hydrogens (tertiary/aromatic N) is 2. The largest absolute Gasteiger partial charge is 0.324 e. The normalized spacial score (nSPS) is 10.8. The van der Waals surface area contributed by atoms with Crippen molar-refractivity contribution in [3.63, 3.8) is 0 Å². The van der Waals surface area contributed by atoms with Gasteiger partial charge < -0.3 is 0 Å². The van der Waals surface area contributed by atoms with E-state index >= 15 is 0 Å². The van der Waals surface area contributed by atoms with Crippen LogP contribution in [0.15, 0.2) is 53.9 Å². The van der Waals surface area contributed by atoms with Crippen LogP contribution in [0.2, 0.25) is 0 Å². The zero-order valence-corrected chi connectivity index (χ0v) is 13.8.